The first-order valence-electron chi connectivity index (χ1n) is 11.2. The maximum Gasteiger partial charge on any atom is 0.338 e. The number of ether oxygens (including phenoxy) is 2. The molecule has 0 bridgehead atoms. The van der Waals surface area contributed by atoms with E-state index in [1.165, 1.54) is 25.3 Å². The number of hydrogen-bond donors (Lipinski definition) is 2. The highest BCUT2D eigenvalue weighted by atomic mass is 16.5. The summed E-state index contributed by atoms with van der Waals surface area (Å²) in [4.78, 5) is 63.5. The lowest BCUT2D eigenvalue weighted by atomic mass is 10.1. The lowest BCUT2D eigenvalue weighted by Crippen LogP contribution is -2.31. The number of benzene rings is 2. The van der Waals surface area contributed by atoms with E-state index in [4.69, 9.17) is 9.47 Å². The van der Waals surface area contributed by atoms with Gasteiger partial charge < -0.3 is 20.1 Å². The second-order valence-electron chi connectivity index (χ2n) is 8.29. The number of nitrogens with one attached hydrogen (secondary N) is 2. The number of anilines is 1. The molecule has 0 atom stereocenters. The molecule has 182 valence electrons. The van der Waals surface area contributed by atoms with Crippen molar-refractivity contribution in [2.45, 2.75) is 25.3 Å². The lowest BCUT2D eigenvalue weighted by Gasteiger charge is -2.12. The number of methoxy groups -OCH3 is 1. The van der Waals surface area contributed by atoms with Gasteiger partial charge in [0, 0.05) is 26.3 Å². The van der Waals surface area contributed by atoms with E-state index in [1.807, 2.05) is 0 Å². The van der Waals surface area contributed by atoms with Crippen LogP contribution in [0.5, 0.6) is 0 Å². The van der Waals surface area contributed by atoms with Crippen molar-refractivity contribution < 1.29 is 33.4 Å². The third-order valence-corrected chi connectivity index (χ3v) is 5.63. The van der Waals surface area contributed by atoms with Crippen LogP contribution in [0.2, 0.25) is 0 Å². The second kappa shape index (κ2) is 10.5. The summed E-state index contributed by atoms with van der Waals surface area (Å²) in [5.74, 6) is -2.64. The molecular formula is C25H25N3O7. The first kappa shape index (κ1) is 24.1. The topological polar surface area (TPSA) is 131 Å². The summed E-state index contributed by atoms with van der Waals surface area (Å²) in [7, 11) is 1.53. The fourth-order valence-electron chi connectivity index (χ4n) is 3.67. The number of nitrogens with zero attached hydrogens (tertiary/aromatic N) is 1. The highest BCUT2D eigenvalue weighted by molar-refractivity contribution is 6.22. The van der Waals surface area contributed by atoms with Gasteiger partial charge in [-0.2, -0.15) is 0 Å². The summed E-state index contributed by atoms with van der Waals surface area (Å²) in [5, 5.41) is 5.45. The number of carbonyl (C=O) groups excluding carboxylic acids is 5. The minimum Gasteiger partial charge on any atom is -0.452 e. The molecule has 10 heteroatoms. The van der Waals surface area contributed by atoms with E-state index in [2.05, 4.69) is 10.6 Å². The molecule has 0 aromatic heterocycles. The Bertz CT molecular complexity index is 1190. The van der Waals surface area contributed by atoms with Gasteiger partial charge in [-0.3, -0.25) is 24.1 Å². The fraction of sp³-hybridized carbons (Fsp3) is 0.320. The van der Waals surface area contributed by atoms with Crippen molar-refractivity contribution in [1.82, 2.24) is 10.2 Å². The minimum atomic E-state index is -0.819. The Balaban J connectivity index is 1.35. The largest absolute Gasteiger partial charge is 0.452 e. The van der Waals surface area contributed by atoms with Crippen LogP contribution in [0.3, 0.4) is 0 Å². The maximum atomic E-state index is 12.6. The van der Waals surface area contributed by atoms with Crippen LogP contribution in [-0.4, -0.2) is 67.4 Å². The van der Waals surface area contributed by atoms with Crippen LogP contribution in [-0.2, 0) is 14.3 Å². The molecule has 1 saturated carbocycles. The number of imide groups is 1. The van der Waals surface area contributed by atoms with Crippen LogP contribution >= 0.6 is 0 Å². The quantitative estimate of drug-likeness (QED) is 0.303. The van der Waals surface area contributed by atoms with Crippen molar-refractivity contribution in [3.63, 3.8) is 0 Å². The molecule has 4 rings (SSSR count). The van der Waals surface area contributed by atoms with Gasteiger partial charge in [0.15, 0.2) is 6.61 Å². The van der Waals surface area contributed by atoms with Crippen LogP contribution < -0.4 is 10.6 Å². The molecule has 2 aromatic rings. The average molecular weight is 479 g/mol. The van der Waals surface area contributed by atoms with Gasteiger partial charge in [0.1, 0.15) is 0 Å². The fourth-order valence-corrected chi connectivity index (χ4v) is 3.67. The predicted octanol–water partition coefficient (Wildman–Crippen LogP) is 2.01. The minimum absolute atomic E-state index is 0.0423. The highest BCUT2D eigenvalue weighted by Gasteiger charge is 2.35. The standard InChI is InChI=1S/C25H25N3O7/c1-34-12-4-11-28-23(31)17-10-7-15(13-19(17)24(28)32)25(33)35-14-21(29)27-20-6-3-2-5-18(20)22(30)26-16-8-9-16/h2-3,5-7,10,13,16H,4,8-9,11-12,14H2,1H3,(H,26,30)(H,27,29). The first-order chi connectivity index (χ1) is 16.9. The van der Waals surface area contributed by atoms with Crippen LogP contribution in [0.4, 0.5) is 5.69 Å². The molecular weight excluding hydrogens is 454 g/mol. The first-order valence-corrected chi connectivity index (χ1v) is 11.2. The molecule has 0 radical (unpaired) electrons. The molecule has 1 heterocycles. The molecule has 2 aromatic carbocycles. The van der Waals surface area contributed by atoms with Crippen LogP contribution in [0.25, 0.3) is 0 Å². The molecule has 10 nitrogen and oxygen atoms in total. The van der Waals surface area contributed by atoms with Gasteiger partial charge in [0.25, 0.3) is 23.6 Å². The van der Waals surface area contributed by atoms with Crippen molar-refractivity contribution in [3.8, 4) is 0 Å². The molecule has 0 unspecified atom stereocenters. The predicted molar refractivity (Wildman–Crippen MR) is 124 cm³/mol. The third kappa shape index (κ3) is 5.55. The zero-order chi connectivity index (χ0) is 24.9. The Morgan fingerprint density at radius 1 is 1.03 bits per heavy atom. The molecule has 2 aliphatic rings. The van der Waals surface area contributed by atoms with Crippen molar-refractivity contribution in [3.05, 3.63) is 64.7 Å². The van der Waals surface area contributed by atoms with Gasteiger partial charge in [-0.15, -0.1) is 0 Å². The van der Waals surface area contributed by atoms with Gasteiger partial charge in [-0.1, -0.05) is 12.1 Å². The number of fused-ring (bicyclic) bond motifs is 1. The SMILES string of the molecule is COCCCN1C(=O)c2ccc(C(=O)OCC(=O)Nc3ccccc3C(=O)NC3CC3)cc2C1=O. The summed E-state index contributed by atoms with van der Waals surface area (Å²) in [6.45, 7) is 0.0213. The zero-order valence-electron chi connectivity index (χ0n) is 19.2. The molecule has 0 spiro atoms. The molecule has 1 fully saturated rings. The van der Waals surface area contributed by atoms with E-state index in [1.54, 1.807) is 24.3 Å². The van der Waals surface area contributed by atoms with E-state index in [0.29, 0.717) is 24.3 Å². The van der Waals surface area contributed by atoms with E-state index < -0.39 is 30.3 Å². The maximum absolute atomic E-state index is 12.6. The van der Waals surface area contributed by atoms with Gasteiger partial charge in [-0.25, -0.2) is 4.79 Å². The molecule has 4 amide bonds. The van der Waals surface area contributed by atoms with Crippen LogP contribution in [0, 0.1) is 0 Å². The highest BCUT2D eigenvalue weighted by Crippen LogP contribution is 2.25. The number of para-hydroxylation sites is 1. The van der Waals surface area contributed by atoms with Crippen molar-refractivity contribution in [1.29, 1.82) is 0 Å². The zero-order valence-corrected chi connectivity index (χ0v) is 19.2. The van der Waals surface area contributed by atoms with E-state index in [-0.39, 0.29) is 35.2 Å². The van der Waals surface area contributed by atoms with E-state index >= 15 is 0 Å². The van der Waals surface area contributed by atoms with Gasteiger partial charge in [-0.05, 0) is 49.6 Å². The molecule has 35 heavy (non-hydrogen) atoms. The lowest BCUT2D eigenvalue weighted by molar-refractivity contribution is -0.119. The summed E-state index contributed by atoms with van der Waals surface area (Å²) in [6.07, 6.45) is 2.37. The molecule has 2 N–H and O–H groups in total. The Morgan fingerprint density at radius 3 is 2.51 bits per heavy atom. The number of carbonyl (C=O) groups is 5. The number of amides is 4. The van der Waals surface area contributed by atoms with Crippen LogP contribution in [0.15, 0.2) is 42.5 Å². The number of hydrogen-bond acceptors (Lipinski definition) is 7. The van der Waals surface area contributed by atoms with Crippen LogP contribution in [0.1, 0.15) is 60.7 Å². The summed E-state index contributed by atoms with van der Waals surface area (Å²) >= 11 is 0. The second-order valence-corrected chi connectivity index (χ2v) is 8.29. The van der Waals surface area contributed by atoms with Gasteiger partial charge in [0.05, 0.1) is 27.9 Å². The third-order valence-electron chi connectivity index (χ3n) is 5.63. The molecule has 1 aliphatic heterocycles. The Morgan fingerprint density at radius 2 is 1.77 bits per heavy atom. The smallest absolute Gasteiger partial charge is 0.338 e. The van der Waals surface area contributed by atoms with Gasteiger partial charge >= 0.3 is 5.97 Å². The monoisotopic (exact) mass is 479 g/mol. The summed E-state index contributed by atoms with van der Waals surface area (Å²) in [6, 6.07) is 10.8. The molecule has 1 aliphatic carbocycles. The number of rotatable bonds is 10. The Kier molecular flexibility index (Phi) is 7.21. The van der Waals surface area contributed by atoms with Crippen molar-refractivity contribution in [2.24, 2.45) is 0 Å². The van der Waals surface area contributed by atoms with E-state index in [9.17, 15) is 24.0 Å². The molecule has 0 saturated heterocycles. The van der Waals surface area contributed by atoms with Crippen molar-refractivity contribution >= 4 is 35.3 Å². The summed E-state index contributed by atoms with van der Waals surface area (Å²) in [5.41, 5.74) is 0.989. The van der Waals surface area contributed by atoms with Crippen molar-refractivity contribution in [2.75, 3.05) is 32.2 Å². The normalized spacial score (nSPS) is 14.5. The number of esters is 1. The summed E-state index contributed by atoms with van der Waals surface area (Å²) < 4.78 is 10.0. The van der Waals surface area contributed by atoms with Gasteiger partial charge in [0.2, 0.25) is 0 Å². The Hall–Kier alpha value is -4.05. The Labute approximate surface area is 201 Å². The average Bonchev–Trinajstić information content (AvgIpc) is 3.64. The van der Waals surface area contributed by atoms with E-state index in [0.717, 1.165) is 17.7 Å².